The first kappa shape index (κ1) is 5.37. The number of hydrogen-bond donors (Lipinski definition) is 2. The number of alkyl carbamates (subject to hydrolysis) is 1. The Hall–Kier alpha value is -0.770. The number of nitrogens with two attached hydrogens (primary N) is 1. The second-order valence-electron chi connectivity index (χ2n) is 1.68. The number of amides is 1. The van der Waals surface area contributed by atoms with Crippen LogP contribution < -0.4 is 11.1 Å². The molecule has 3 N–H and O–H groups in total. The van der Waals surface area contributed by atoms with Crippen molar-refractivity contribution in [3.63, 3.8) is 0 Å². The second-order valence-corrected chi connectivity index (χ2v) is 1.68. The Kier molecular flexibility index (Phi) is 1.34. The quantitative estimate of drug-likeness (QED) is 0.464. The molecule has 46 valence electrons. The SMILES string of the molecule is NC[C@@H]1COC(=O)N1. The predicted molar refractivity (Wildman–Crippen MR) is 27.3 cm³/mol. The minimum atomic E-state index is -0.361. The highest BCUT2D eigenvalue weighted by atomic mass is 16.6. The Balaban J connectivity index is 2.32. The van der Waals surface area contributed by atoms with Crippen molar-refractivity contribution >= 4 is 6.09 Å². The van der Waals surface area contributed by atoms with Crippen LogP contribution in [0.5, 0.6) is 0 Å². The van der Waals surface area contributed by atoms with Crippen LogP contribution in [0.2, 0.25) is 0 Å². The van der Waals surface area contributed by atoms with Crippen LogP contribution in [0.4, 0.5) is 4.79 Å². The van der Waals surface area contributed by atoms with Gasteiger partial charge in [-0.1, -0.05) is 0 Å². The number of ether oxygens (including phenoxy) is 1. The van der Waals surface area contributed by atoms with Gasteiger partial charge in [0.1, 0.15) is 6.61 Å². The molecule has 1 atom stereocenters. The van der Waals surface area contributed by atoms with E-state index in [2.05, 4.69) is 10.1 Å². The summed E-state index contributed by atoms with van der Waals surface area (Å²) in [6, 6.07) is 0.0301. The molecule has 8 heavy (non-hydrogen) atoms. The molecular weight excluding hydrogens is 108 g/mol. The molecule has 1 heterocycles. The van der Waals surface area contributed by atoms with Crippen LogP contribution in [0.3, 0.4) is 0 Å². The van der Waals surface area contributed by atoms with Gasteiger partial charge in [-0.2, -0.15) is 0 Å². The fourth-order valence-electron chi connectivity index (χ4n) is 0.553. The predicted octanol–water partition coefficient (Wildman–Crippen LogP) is -0.947. The van der Waals surface area contributed by atoms with Crippen molar-refractivity contribution in [2.75, 3.05) is 13.2 Å². The molecule has 0 aromatic heterocycles. The van der Waals surface area contributed by atoms with E-state index in [1.807, 2.05) is 0 Å². The maximum Gasteiger partial charge on any atom is 0.407 e. The molecule has 1 aliphatic rings. The highest BCUT2D eigenvalue weighted by Gasteiger charge is 2.19. The first-order valence-electron chi connectivity index (χ1n) is 2.46. The normalized spacial score (nSPS) is 27.1. The molecular formula is C4H8N2O2. The number of hydrogen-bond acceptors (Lipinski definition) is 3. The summed E-state index contributed by atoms with van der Waals surface area (Å²) >= 11 is 0. The summed E-state index contributed by atoms with van der Waals surface area (Å²) in [7, 11) is 0. The molecule has 0 aromatic rings. The van der Waals surface area contributed by atoms with Crippen LogP contribution in [0.25, 0.3) is 0 Å². The Morgan fingerprint density at radius 2 is 2.75 bits per heavy atom. The lowest BCUT2D eigenvalue weighted by Gasteiger charge is -1.98. The van der Waals surface area contributed by atoms with E-state index in [9.17, 15) is 4.79 Å². The molecule has 1 amide bonds. The number of carbonyl (C=O) groups is 1. The van der Waals surface area contributed by atoms with Crippen molar-refractivity contribution in [2.24, 2.45) is 5.73 Å². The van der Waals surface area contributed by atoms with Gasteiger partial charge in [-0.3, -0.25) is 0 Å². The molecule has 0 saturated carbocycles. The zero-order valence-electron chi connectivity index (χ0n) is 4.39. The lowest BCUT2D eigenvalue weighted by molar-refractivity contribution is 0.177. The second kappa shape index (κ2) is 2.00. The summed E-state index contributed by atoms with van der Waals surface area (Å²) in [4.78, 5) is 10.2. The molecule has 4 heteroatoms. The van der Waals surface area contributed by atoms with Crippen LogP contribution >= 0.6 is 0 Å². The largest absolute Gasteiger partial charge is 0.447 e. The first-order chi connectivity index (χ1) is 3.83. The third-order valence-corrected chi connectivity index (χ3v) is 1.02. The van der Waals surface area contributed by atoms with Gasteiger partial charge in [0.15, 0.2) is 0 Å². The van der Waals surface area contributed by atoms with E-state index in [1.54, 1.807) is 0 Å². The third kappa shape index (κ3) is 0.894. The molecule has 0 spiro atoms. The summed E-state index contributed by atoms with van der Waals surface area (Å²) in [6.07, 6.45) is -0.361. The Bertz CT molecular complexity index is 104. The number of cyclic esters (lactones) is 1. The van der Waals surface area contributed by atoms with Crippen molar-refractivity contribution in [3.8, 4) is 0 Å². The number of carbonyl (C=O) groups excluding carboxylic acids is 1. The Labute approximate surface area is 47.0 Å². The van der Waals surface area contributed by atoms with Gasteiger partial charge in [0.25, 0.3) is 0 Å². The van der Waals surface area contributed by atoms with Crippen LogP contribution in [0.15, 0.2) is 0 Å². The molecule has 4 nitrogen and oxygen atoms in total. The van der Waals surface area contributed by atoms with Gasteiger partial charge in [-0.15, -0.1) is 0 Å². The summed E-state index contributed by atoms with van der Waals surface area (Å²) in [5, 5.41) is 2.52. The van der Waals surface area contributed by atoms with Gasteiger partial charge >= 0.3 is 6.09 Å². The van der Waals surface area contributed by atoms with Gasteiger partial charge in [0.05, 0.1) is 6.04 Å². The molecule has 1 saturated heterocycles. The fraction of sp³-hybridized carbons (Fsp3) is 0.750. The standard InChI is InChI=1S/C4H8N2O2/c5-1-3-2-8-4(7)6-3/h3H,1-2,5H2,(H,6,7)/t3-/m1/s1. The van der Waals surface area contributed by atoms with Crippen LogP contribution in [-0.2, 0) is 4.74 Å². The van der Waals surface area contributed by atoms with Crippen molar-refractivity contribution in [2.45, 2.75) is 6.04 Å². The minimum absolute atomic E-state index is 0.0301. The fourth-order valence-corrected chi connectivity index (χ4v) is 0.553. The van der Waals surface area contributed by atoms with Crippen molar-refractivity contribution < 1.29 is 9.53 Å². The Morgan fingerprint density at radius 1 is 2.00 bits per heavy atom. The van der Waals surface area contributed by atoms with E-state index < -0.39 is 0 Å². The lowest BCUT2D eigenvalue weighted by Crippen LogP contribution is -2.33. The maximum atomic E-state index is 10.2. The average molecular weight is 116 g/mol. The molecule has 0 bridgehead atoms. The summed E-state index contributed by atoms with van der Waals surface area (Å²) < 4.78 is 4.53. The van der Waals surface area contributed by atoms with Crippen LogP contribution in [-0.4, -0.2) is 25.3 Å². The zero-order chi connectivity index (χ0) is 5.98. The van der Waals surface area contributed by atoms with Crippen molar-refractivity contribution in [3.05, 3.63) is 0 Å². The Morgan fingerprint density at radius 3 is 3.00 bits per heavy atom. The van der Waals surface area contributed by atoms with E-state index >= 15 is 0 Å². The van der Waals surface area contributed by atoms with Gasteiger partial charge in [0.2, 0.25) is 0 Å². The highest BCUT2D eigenvalue weighted by molar-refractivity contribution is 5.69. The van der Waals surface area contributed by atoms with Gasteiger partial charge in [-0.05, 0) is 0 Å². The smallest absolute Gasteiger partial charge is 0.407 e. The number of nitrogens with one attached hydrogen (secondary N) is 1. The van der Waals surface area contributed by atoms with Gasteiger partial charge in [0, 0.05) is 6.54 Å². The summed E-state index contributed by atoms with van der Waals surface area (Å²) in [6.45, 7) is 0.862. The maximum absolute atomic E-state index is 10.2. The average Bonchev–Trinajstić information content (AvgIpc) is 2.14. The summed E-state index contributed by atoms with van der Waals surface area (Å²) in [5.74, 6) is 0. The topological polar surface area (TPSA) is 64.3 Å². The molecule has 1 aliphatic heterocycles. The van der Waals surface area contributed by atoms with E-state index in [0.717, 1.165) is 0 Å². The molecule has 1 rings (SSSR count). The molecule has 0 unspecified atom stereocenters. The van der Waals surface area contributed by atoms with Gasteiger partial charge < -0.3 is 15.8 Å². The zero-order valence-corrected chi connectivity index (χ0v) is 4.39. The van der Waals surface area contributed by atoms with E-state index in [-0.39, 0.29) is 12.1 Å². The first-order valence-corrected chi connectivity index (χ1v) is 2.46. The molecule has 0 aliphatic carbocycles. The van der Waals surface area contributed by atoms with Crippen LogP contribution in [0, 0.1) is 0 Å². The molecule has 1 fully saturated rings. The van der Waals surface area contributed by atoms with E-state index in [1.165, 1.54) is 0 Å². The number of rotatable bonds is 1. The highest BCUT2D eigenvalue weighted by Crippen LogP contribution is 1.93. The monoisotopic (exact) mass is 116 g/mol. The van der Waals surface area contributed by atoms with Gasteiger partial charge in [-0.25, -0.2) is 4.79 Å². The molecule has 0 aromatic carbocycles. The van der Waals surface area contributed by atoms with Crippen molar-refractivity contribution in [1.29, 1.82) is 0 Å². The lowest BCUT2D eigenvalue weighted by atomic mass is 10.3. The summed E-state index contributed by atoms with van der Waals surface area (Å²) in [5.41, 5.74) is 5.20. The van der Waals surface area contributed by atoms with E-state index in [0.29, 0.717) is 13.2 Å². The minimum Gasteiger partial charge on any atom is -0.447 e. The van der Waals surface area contributed by atoms with Crippen LogP contribution in [0.1, 0.15) is 0 Å². The van der Waals surface area contributed by atoms with Crippen molar-refractivity contribution in [1.82, 2.24) is 5.32 Å². The molecule has 0 radical (unpaired) electrons. The van der Waals surface area contributed by atoms with E-state index in [4.69, 9.17) is 5.73 Å². The third-order valence-electron chi connectivity index (χ3n) is 1.02.